The predicted octanol–water partition coefficient (Wildman–Crippen LogP) is 2.93. The molecule has 1 atom stereocenters. The van der Waals surface area contributed by atoms with Crippen molar-refractivity contribution in [2.45, 2.75) is 18.9 Å². The van der Waals surface area contributed by atoms with Crippen LogP contribution in [0.5, 0.6) is 0 Å². The number of likely N-dealkylation sites (N-methyl/N-ethyl adjacent to an activating group) is 1. The van der Waals surface area contributed by atoms with Crippen LogP contribution < -0.4 is 10.6 Å². The van der Waals surface area contributed by atoms with Crippen molar-refractivity contribution in [2.24, 2.45) is 0 Å². The van der Waals surface area contributed by atoms with Gasteiger partial charge in [-0.2, -0.15) is 0 Å². The Bertz CT molecular complexity index is 1390. The summed E-state index contributed by atoms with van der Waals surface area (Å²) in [6.45, 7) is 0.453. The van der Waals surface area contributed by atoms with E-state index in [-0.39, 0.29) is 23.8 Å². The van der Waals surface area contributed by atoms with E-state index < -0.39 is 0 Å². The third kappa shape index (κ3) is 3.84. The topological polar surface area (TPSA) is 95.8 Å². The minimum Gasteiger partial charge on any atom is -0.355 e. The van der Waals surface area contributed by atoms with Crippen molar-refractivity contribution in [3.8, 4) is 11.3 Å². The molecule has 3 heterocycles. The molecule has 1 fully saturated rings. The maximum absolute atomic E-state index is 12.7. The van der Waals surface area contributed by atoms with Crippen LogP contribution in [0.25, 0.3) is 26.4 Å². The fraction of sp³-hybridized carbons (Fsp3) is 0.250. The maximum Gasteiger partial charge on any atom is 0.251 e. The second kappa shape index (κ2) is 8.32. The van der Waals surface area contributed by atoms with Gasteiger partial charge in [0.2, 0.25) is 5.91 Å². The largest absolute Gasteiger partial charge is 0.355 e. The molecule has 0 aliphatic carbocycles. The van der Waals surface area contributed by atoms with Crippen LogP contribution in [0, 0.1) is 0 Å². The van der Waals surface area contributed by atoms with Gasteiger partial charge in [0.05, 0.1) is 15.9 Å². The van der Waals surface area contributed by atoms with Gasteiger partial charge in [-0.1, -0.05) is 23.5 Å². The average Bonchev–Trinajstić information content (AvgIpc) is 3.50. The molecule has 1 aliphatic rings. The molecule has 3 amide bonds. The highest BCUT2D eigenvalue weighted by molar-refractivity contribution is 7.23. The lowest BCUT2D eigenvalue weighted by molar-refractivity contribution is -0.127. The SMILES string of the molecule is CNC(=O)c1ccc(-c2cn3c(n2)sc2cc(C(=O)NCC4CCC(=O)N4C)ccc23)cc1. The number of amides is 3. The summed E-state index contributed by atoms with van der Waals surface area (Å²) in [6, 6.07) is 13.0. The molecule has 1 unspecified atom stereocenters. The standard InChI is InChI=1S/C24H23N5O3S/c1-25-22(31)15-5-3-14(4-6-15)18-13-29-19-9-7-16(11-20(19)33-24(29)27-18)23(32)26-12-17-8-10-21(30)28(17)2/h3-7,9,11,13,17H,8,10,12H2,1-2H3,(H,25,31)(H,26,32). The Morgan fingerprint density at radius 3 is 2.58 bits per heavy atom. The lowest BCUT2D eigenvalue weighted by Crippen LogP contribution is -2.39. The summed E-state index contributed by atoms with van der Waals surface area (Å²) in [4.78, 5) is 43.3. The van der Waals surface area contributed by atoms with Gasteiger partial charge in [-0.15, -0.1) is 0 Å². The van der Waals surface area contributed by atoms with Crippen molar-refractivity contribution in [3.05, 3.63) is 59.8 Å². The fourth-order valence-electron chi connectivity index (χ4n) is 4.13. The molecular weight excluding hydrogens is 438 g/mol. The molecule has 2 N–H and O–H groups in total. The van der Waals surface area contributed by atoms with Gasteiger partial charge in [0.25, 0.3) is 11.8 Å². The molecule has 2 aromatic carbocycles. The summed E-state index contributed by atoms with van der Waals surface area (Å²) in [5, 5.41) is 5.57. The summed E-state index contributed by atoms with van der Waals surface area (Å²) in [5.41, 5.74) is 3.92. The number of thiazole rings is 1. The Labute approximate surface area is 194 Å². The van der Waals surface area contributed by atoms with Crippen LogP contribution >= 0.6 is 11.3 Å². The molecule has 1 aliphatic heterocycles. The number of aromatic nitrogens is 2. The van der Waals surface area contributed by atoms with E-state index in [1.807, 2.05) is 40.9 Å². The second-order valence-corrected chi connectivity index (χ2v) is 9.14. The highest BCUT2D eigenvalue weighted by atomic mass is 32.1. The Kier molecular flexibility index (Phi) is 5.33. The highest BCUT2D eigenvalue weighted by Crippen LogP contribution is 2.30. The first-order valence-corrected chi connectivity index (χ1v) is 11.5. The van der Waals surface area contributed by atoms with Gasteiger partial charge in [0.1, 0.15) is 0 Å². The summed E-state index contributed by atoms with van der Waals surface area (Å²) in [5.74, 6) is -0.145. The maximum atomic E-state index is 12.7. The first-order valence-electron chi connectivity index (χ1n) is 10.7. The molecule has 33 heavy (non-hydrogen) atoms. The van der Waals surface area contributed by atoms with Crippen molar-refractivity contribution in [3.63, 3.8) is 0 Å². The number of fused-ring (bicyclic) bond motifs is 3. The molecule has 168 valence electrons. The number of carbonyl (C=O) groups is 3. The summed E-state index contributed by atoms with van der Waals surface area (Å²) in [7, 11) is 3.39. The van der Waals surface area contributed by atoms with Gasteiger partial charge in [0.15, 0.2) is 4.96 Å². The lowest BCUT2D eigenvalue weighted by atomic mass is 10.1. The second-order valence-electron chi connectivity index (χ2n) is 8.13. The van der Waals surface area contributed by atoms with Gasteiger partial charge in [-0.3, -0.25) is 18.8 Å². The fourth-order valence-corrected chi connectivity index (χ4v) is 5.18. The number of carbonyl (C=O) groups excluding carboxylic acids is 3. The Hall–Kier alpha value is -3.72. The first kappa shape index (κ1) is 21.1. The number of hydrogen-bond donors (Lipinski definition) is 2. The van der Waals surface area contributed by atoms with E-state index in [0.29, 0.717) is 24.1 Å². The molecular formula is C24H23N5O3S. The van der Waals surface area contributed by atoms with Crippen LogP contribution in [0.4, 0.5) is 0 Å². The third-order valence-corrected chi connectivity index (χ3v) is 7.17. The monoisotopic (exact) mass is 461 g/mol. The number of hydrogen-bond acceptors (Lipinski definition) is 5. The van der Waals surface area contributed by atoms with Gasteiger partial charge in [-0.05, 0) is 36.8 Å². The number of likely N-dealkylation sites (tertiary alicyclic amines) is 1. The average molecular weight is 462 g/mol. The number of imidazole rings is 1. The van der Waals surface area contributed by atoms with Crippen LogP contribution in [0.2, 0.25) is 0 Å². The zero-order chi connectivity index (χ0) is 23.1. The molecule has 0 bridgehead atoms. The Morgan fingerprint density at radius 2 is 1.88 bits per heavy atom. The van der Waals surface area contributed by atoms with E-state index in [1.54, 1.807) is 31.1 Å². The third-order valence-electron chi connectivity index (χ3n) is 6.16. The summed E-state index contributed by atoms with van der Waals surface area (Å²) in [6.07, 6.45) is 3.28. The van der Waals surface area contributed by atoms with Crippen molar-refractivity contribution in [1.29, 1.82) is 0 Å². The molecule has 5 rings (SSSR count). The summed E-state index contributed by atoms with van der Waals surface area (Å²) >= 11 is 1.52. The van der Waals surface area contributed by atoms with Gasteiger partial charge in [0, 0.05) is 56.0 Å². The van der Waals surface area contributed by atoms with Crippen LogP contribution in [-0.2, 0) is 4.79 Å². The molecule has 8 nitrogen and oxygen atoms in total. The minimum absolute atomic E-state index is 0.0547. The van der Waals surface area contributed by atoms with Crippen molar-refractivity contribution < 1.29 is 14.4 Å². The molecule has 9 heteroatoms. The van der Waals surface area contributed by atoms with E-state index in [9.17, 15) is 14.4 Å². The van der Waals surface area contributed by atoms with Crippen LogP contribution in [-0.4, -0.2) is 58.7 Å². The number of benzene rings is 2. The molecule has 0 saturated carbocycles. The lowest BCUT2D eigenvalue weighted by Gasteiger charge is -2.20. The number of nitrogens with one attached hydrogen (secondary N) is 2. The van der Waals surface area contributed by atoms with Crippen molar-refractivity contribution in [1.82, 2.24) is 24.9 Å². The van der Waals surface area contributed by atoms with Crippen LogP contribution in [0.15, 0.2) is 48.7 Å². The van der Waals surface area contributed by atoms with E-state index in [0.717, 1.165) is 32.9 Å². The molecule has 0 radical (unpaired) electrons. The van der Waals surface area contributed by atoms with Gasteiger partial charge >= 0.3 is 0 Å². The quantitative estimate of drug-likeness (QED) is 0.478. The summed E-state index contributed by atoms with van der Waals surface area (Å²) < 4.78 is 2.99. The molecule has 4 aromatic rings. The normalized spacial score (nSPS) is 16.0. The molecule has 2 aromatic heterocycles. The van der Waals surface area contributed by atoms with E-state index in [1.165, 1.54) is 11.3 Å². The Balaban J connectivity index is 1.35. The van der Waals surface area contributed by atoms with E-state index in [4.69, 9.17) is 4.98 Å². The predicted molar refractivity (Wildman–Crippen MR) is 128 cm³/mol. The smallest absolute Gasteiger partial charge is 0.251 e. The van der Waals surface area contributed by atoms with Crippen molar-refractivity contribution in [2.75, 3.05) is 20.6 Å². The molecule has 1 saturated heterocycles. The van der Waals surface area contributed by atoms with E-state index in [2.05, 4.69) is 10.6 Å². The minimum atomic E-state index is -0.146. The highest BCUT2D eigenvalue weighted by Gasteiger charge is 2.27. The Morgan fingerprint density at radius 1 is 1.12 bits per heavy atom. The van der Waals surface area contributed by atoms with Crippen molar-refractivity contribution >= 4 is 44.2 Å². The molecule has 0 spiro atoms. The van der Waals surface area contributed by atoms with Crippen LogP contribution in [0.1, 0.15) is 33.6 Å². The van der Waals surface area contributed by atoms with Gasteiger partial charge in [-0.25, -0.2) is 4.98 Å². The van der Waals surface area contributed by atoms with Gasteiger partial charge < -0.3 is 15.5 Å². The zero-order valence-corrected chi connectivity index (χ0v) is 19.1. The number of rotatable bonds is 5. The van der Waals surface area contributed by atoms with E-state index >= 15 is 0 Å². The number of nitrogens with zero attached hydrogens (tertiary/aromatic N) is 3. The zero-order valence-electron chi connectivity index (χ0n) is 18.3. The first-order chi connectivity index (χ1) is 15.9. The van der Waals surface area contributed by atoms with Crippen LogP contribution in [0.3, 0.4) is 0 Å².